The molecule has 2 N–H and O–H groups in total. The summed E-state index contributed by atoms with van der Waals surface area (Å²) in [5.74, 6) is -0.395. The molecule has 0 aliphatic carbocycles. The van der Waals surface area contributed by atoms with Crippen LogP contribution < -0.4 is 10.6 Å². The highest BCUT2D eigenvalue weighted by Crippen LogP contribution is 2.07. The van der Waals surface area contributed by atoms with E-state index < -0.39 is 11.9 Å². The Kier molecular flexibility index (Phi) is 4.03. The number of carbonyl (C=O) groups is 2. The van der Waals surface area contributed by atoms with Gasteiger partial charge in [0.05, 0.1) is 4.88 Å². The molecule has 0 aromatic carbocycles. The highest BCUT2D eigenvalue weighted by Gasteiger charge is 2.10. The molecule has 3 amide bonds. The van der Waals surface area contributed by atoms with Gasteiger partial charge < -0.3 is 5.32 Å². The molecule has 0 fully saturated rings. The Labute approximate surface area is 108 Å². The van der Waals surface area contributed by atoms with Gasteiger partial charge in [-0.1, -0.05) is 12.1 Å². The number of pyridine rings is 1. The van der Waals surface area contributed by atoms with E-state index in [1.165, 1.54) is 11.3 Å². The molecule has 0 atom stereocenters. The summed E-state index contributed by atoms with van der Waals surface area (Å²) < 4.78 is 0. The van der Waals surface area contributed by atoms with Crippen LogP contribution >= 0.6 is 11.3 Å². The van der Waals surface area contributed by atoms with Crippen molar-refractivity contribution in [2.45, 2.75) is 6.54 Å². The van der Waals surface area contributed by atoms with Gasteiger partial charge >= 0.3 is 6.03 Å². The second-order valence-electron chi connectivity index (χ2n) is 3.48. The summed E-state index contributed by atoms with van der Waals surface area (Å²) in [6.45, 7) is 0.331. The standard InChI is InChI=1S/C12H11N3O2S/c16-11(10-4-2-6-18-10)15-12(17)14-8-9-3-1-5-13-7-9/h1-7H,8H2,(H2,14,15,16,17). The largest absolute Gasteiger partial charge is 0.334 e. The van der Waals surface area contributed by atoms with Crippen molar-refractivity contribution in [2.24, 2.45) is 0 Å². The SMILES string of the molecule is O=C(NCc1cccnc1)NC(=O)c1cccs1. The number of carbonyl (C=O) groups excluding carboxylic acids is 2. The summed E-state index contributed by atoms with van der Waals surface area (Å²) in [7, 11) is 0. The van der Waals surface area contributed by atoms with Crippen molar-refractivity contribution in [3.63, 3.8) is 0 Å². The van der Waals surface area contributed by atoms with E-state index in [2.05, 4.69) is 15.6 Å². The van der Waals surface area contributed by atoms with E-state index in [1.54, 1.807) is 36.0 Å². The number of nitrogens with zero attached hydrogens (tertiary/aromatic N) is 1. The fourth-order valence-electron chi connectivity index (χ4n) is 1.30. The summed E-state index contributed by atoms with van der Waals surface area (Å²) in [5.41, 5.74) is 0.872. The number of urea groups is 1. The molecule has 0 aliphatic rings. The maximum atomic E-state index is 11.6. The van der Waals surface area contributed by atoms with E-state index in [-0.39, 0.29) is 0 Å². The van der Waals surface area contributed by atoms with Crippen molar-refractivity contribution in [1.29, 1.82) is 0 Å². The summed E-state index contributed by atoms with van der Waals surface area (Å²) in [6, 6.07) is 6.53. The van der Waals surface area contributed by atoms with E-state index in [0.29, 0.717) is 11.4 Å². The lowest BCUT2D eigenvalue weighted by atomic mass is 10.3. The summed E-state index contributed by atoms with van der Waals surface area (Å²) in [4.78, 5) is 27.5. The van der Waals surface area contributed by atoms with E-state index in [4.69, 9.17) is 0 Å². The van der Waals surface area contributed by atoms with Crippen molar-refractivity contribution >= 4 is 23.3 Å². The van der Waals surface area contributed by atoms with Gasteiger partial charge in [-0.2, -0.15) is 0 Å². The van der Waals surface area contributed by atoms with Gasteiger partial charge in [-0.25, -0.2) is 4.79 Å². The Morgan fingerprint density at radius 2 is 2.17 bits per heavy atom. The molecule has 6 heteroatoms. The number of rotatable bonds is 3. The van der Waals surface area contributed by atoms with Crippen LogP contribution in [0.25, 0.3) is 0 Å². The van der Waals surface area contributed by atoms with Gasteiger partial charge in [-0.3, -0.25) is 15.1 Å². The van der Waals surface area contributed by atoms with Gasteiger partial charge in [0, 0.05) is 18.9 Å². The zero-order chi connectivity index (χ0) is 12.8. The molecule has 0 bridgehead atoms. The fraction of sp³-hybridized carbons (Fsp3) is 0.0833. The van der Waals surface area contributed by atoms with Crippen LogP contribution in [0.3, 0.4) is 0 Å². The van der Waals surface area contributed by atoms with Crippen molar-refractivity contribution in [1.82, 2.24) is 15.6 Å². The molecule has 0 saturated heterocycles. The molecule has 0 radical (unpaired) electrons. The molecule has 92 valence electrons. The third-order valence-electron chi connectivity index (χ3n) is 2.15. The third-order valence-corrected chi connectivity index (χ3v) is 3.02. The predicted octanol–water partition coefficient (Wildman–Crippen LogP) is 1.78. The smallest absolute Gasteiger partial charge is 0.322 e. The minimum Gasteiger partial charge on any atom is -0.334 e. The third kappa shape index (κ3) is 3.39. The molecule has 0 unspecified atom stereocenters. The average Bonchev–Trinajstić information content (AvgIpc) is 2.91. The number of imide groups is 1. The molecule has 2 aromatic heterocycles. The Hall–Kier alpha value is -2.21. The van der Waals surface area contributed by atoms with Gasteiger partial charge in [0.15, 0.2) is 0 Å². The summed E-state index contributed by atoms with van der Waals surface area (Å²) in [6.07, 6.45) is 3.31. The monoisotopic (exact) mass is 261 g/mol. The molecule has 2 heterocycles. The molecule has 0 saturated carbocycles. The highest BCUT2D eigenvalue weighted by atomic mass is 32.1. The highest BCUT2D eigenvalue weighted by molar-refractivity contribution is 7.12. The van der Waals surface area contributed by atoms with E-state index in [9.17, 15) is 9.59 Å². The first-order valence-electron chi connectivity index (χ1n) is 5.27. The number of nitrogens with one attached hydrogen (secondary N) is 2. The zero-order valence-electron chi connectivity index (χ0n) is 9.42. The quantitative estimate of drug-likeness (QED) is 0.884. The van der Waals surface area contributed by atoms with Crippen molar-refractivity contribution < 1.29 is 9.59 Å². The van der Waals surface area contributed by atoms with Crippen molar-refractivity contribution in [2.75, 3.05) is 0 Å². The number of hydrogen-bond donors (Lipinski definition) is 2. The van der Waals surface area contributed by atoms with Crippen molar-refractivity contribution in [3.8, 4) is 0 Å². The Bertz CT molecular complexity index is 526. The normalized spacial score (nSPS) is 9.78. The first kappa shape index (κ1) is 12.3. The Morgan fingerprint density at radius 3 is 2.83 bits per heavy atom. The second-order valence-corrected chi connectivity index (χ2v) is 4.42. The molecular formula is C12H11N3O2S. The van der Waals surface area contributed by atoms with Crippen LogP contribution in [-0.4, -0.2) is 16.9 Å². The summed E-state index contributed by atoms with van der Waals surface area (Å²) >= 11 is 1.29. The van der Waals surface area contributed by atoms with Crippen LogP contribution in [0.1, 0.15) is 15.2 Å². The lowest BCUT2D eigenvalue weighted by Crippen LogP contribution is -2.38. The molecule has 0 spiro atoms. The first-order chi connectivity index (χ1) is 8.75. The molecule has 2 aromatic rings. The van der Waals surface area contributed by atoms with Crippen LogP contribution in [0, 0.1) is 0 Å². The van der Waals surface area contributed by atoms with Crippen molar-refractivity contribution in [3.05, 3.63) is 52.5 Å². The molecular weight excluding hydrogens is 250 g/mol. The van der Waals surface area contributed by atoms with E-state index >= 15 is 0 Å². The molecule has 2 rings (SSSR count). The van der Waals surface area contributed by atoms with Gasteiger partial charge in [0.1, 0.15) is 0 Å². The van der Waals surface area contributed by atoms with Gasteiger partial charge in [-0.15, -0.1) is 11.3 Å². The van der Waals surface area contributed by atoms with Crippen LogP contribution in [0.5, 0.6) is 0 Å². The van der Waals surface area contributed by atoms with E-state index in [0.717, 1.165) is 5.56 Å². The van der Waals surface area contributed by atoms with Gasteiger partial charge in [0.2, 0.25) is 0 Å². The Morgan fingerprint density at radius 1 is 1.28 bits per heavy atom. The van der Waals surface area contributed by atoms with Gasteiger partial charge in [-0.05, 0) is 23.1 Å². The first-order valence-corrected chi connectivity index (χ1v) is 6.15. The lowest BCUT2D eigenvalue weighted by Gasteiger charge is -2.05. The average molecular weight is 261 g/mol. The van der Waals surface area contributed by atoms with Crippen LogP contribution in [0.4, 0.5) is 4.79 Å². The van der Waals surface area contributed by atoms with Crippen LogP contribution in [0.15, 0.2) is 42.0 Å². The Balaban J connectivity index is 1.81. The maximum Gasteiger partial charge on any atom is 0.322 e. The minimum atomic E-state index is -0.516. The minimum absolute atomic E-state index is 0.331. The van der Waals surface area contributed by atoms with Crippen LogP contribution in [-0.2, 0) is 6.54 Å². The number of thiophene rings is 1. The fourth-order valence-corrected chi connectivity index (χ4v) is 1.92. The van der Waals surface area contributed by atoms with Gasteiger partial charge in [0.25, 0.3) is 5.91 Å². The topological polar surface area (TPSA) is 71.1 Å². The second kappa shape index (κ2) is 5.92. The predicted molar refractivity (Wildman–Crippen MR) is 68.3 cm³/mol. The van der Waals surface area contributed by atoms with Crippen LogP contribution in [0.2, 0.25) is 0 Å². The number of hydrogen-bond acceptors (Lipinski definition) is 4. The number of aromatic nitrogens is 1. The number of amides is 3. The maximum absolute atomic E-state index is 11.6. The molecule has 5 nitrogen and oxygen atoms in total. The molecule has 0 aliphatic heterocycles. The van der Waals surface area contributed by atoms with E-state index in [1.807, 2.05) is 6.07 Å². The zero-order valence-corrected chi connectivity index (χ0v) is 10.2. The summed E-state index contributed by atoms with van der Waals surface area (Å²) in [5, 5.41) is 6.62. The molecule has 18 heavy (non-hydrogen) atoms. The lowest BCUT2D eigenvalue weighted by molar-refractivity contribution is 0.0968.